The van der Waals surface area contributed by atoms with Crippen molar-refractivity contribution in [3.63, 3.8) is 0 Å². The number of nitro groups is 1. The lowest BCUT2D eigenvalue weighted by atomic mass is 10.2. The number of benzene rings is 2. The number of carbonyl (C=O) groups is 1. The van der Waals surface area contributed by atoms with Gasteiger partial charge < -0.3 is 4.74 Å². The van der Waals surface area contributed by atoms with E-state index in [0.717, 1.165) is 4.47 Å². The molecule has 1 N–H and O–H groups in total. The molecule has 7 nitrogen and oxygen atoms in total. The van der Waals surface area contributed by atoms with Crippen molar-refractivity contribution in [1.29, 1.82) is 0 Å². The fourth-order valence-electron chi connectivity index (χ4n) is 1.89. The number of nitrogens with zero attached hydrogens (tertiary/aromatic N) is 2. The number of halogens is 1. The number of carbonyl (C=O) groups excluding carboxylic acids is 1. The number of hydrazone groups is 1. The Morgan fingerprint density at radius 2 is 2.17 bits per heavy atom. The number of non-ortho nitro benzene ring substituents is 1. The van der Waals surface area contributed by atoms with Crippen molar-refractivity contribution in [2.75, 3.05) is 6.61 Å². The van der Waals surface area contributed by atoms with Crippen LogP contribution in [0.3, 0.4) is 0 Å². The molecule has 0 aromatic heterocycles. The molecule has 0 unspecified atom stereocenters. The van der Waals surface area contributed by atoms with Crippen LogP contribution in [0.4, 0.5) is 5.69 Å². The standard InChI is InChI=1S/C16H14BrN3O4/c1-2-24-15-7-6-13(17)8-12(15)10-18-19-16(21)11-4-3-5-14(9-11)20(22)23/h3-10H,2H2,1H3,(H,19,21)/b18-10+. The highest BCUT2D eigenvalue weighted by molar-refractivity contribution is 9.10. The first kappa shape index (κ1) is 17.6. The van der Waals surface area contributed by atoms with E-state index >= 15 is 0 Å². The van der Waals surface area contributed by atoms with Crippen molar-refractivity contribution in [2.24, 2.45) is 5.10 Å². The molecule has 0 spiro atoms. The first-order chi connectivity index (χ1) is 11.5. The number of rotatable bonds is 6. The highest BCUT2D eigenvalue weighted by atomic mass is 79.9. The summed E-state index contributed by atoms with van der Waals surface area (Å²) in [7, 11) is 0. The first-order valence-corrected chi connectivity index (χ1v) is 7.80. The van der Waals surface area contributed by atoms with Crippen molar-refractivity contribution in [3.05, 3.63) is 68.2 Å². The predicted octanol–water partition coefficient (Wildman–Crippen LogP) is 3.52. The maximum absolute atomic E-state index is 12.0. The molecule has 2 rings (SSSR count). The van der Waals surface area contributed by atoms with Crippen LogP contribution < -0.4 is 10.2 Å². The molecule has 0 radical (unpaired) electrons. The smallest absolute Gasteiger partial charge is 0.271 e. The maximum Gasteiger partial charge on any atom is 0.271 e. The zero-order valence-electron chi connectivity index (χ0n) is 12.7. The van der Waals surface area contributed by atoms with Gasteiger partial charge in [-0.1, -0.05) is 22.0 Å². The van der Waals surface area contributed by atoms with Crippen LogP contribution in [0.2, 0.25) is 0 Å². The van der Waals surface area contributed by atoms with Crippen LogP contribution in [0.1, 0.15) is 22.8 Å². The topological polar surface area (TPSA) is 93.8 Å². The Bertz CT molecular complexity index is 793. The number of nitrogens with one attached hydrogen (secondary N) is 1. The summed E-state index contributed by atoms with van der Waals surface area (Å²) in [6.07, 6.45) is 1.45. The van der Waals surface area contributed by atoms with E-state index in [0.29, 0.717) is 17.9 Å². The Hall–Kier alpha value is -2.74. The van der Waals surface area contributed by atoms with Crippen molar-refractivity contribution >= 4 is 33.7 Å². The van der Waals surface area contributed by atoms with E-state index in [1.165, 1.54) is 30.5 Å². The summed E-state index contributed by atoms with van der Waals surface area (Å²) in [5.41, 5.74) is 3.02. The second kappa shape index (κ2) is 8.21. The summed E-state index contributed by atoms with van der Waals surface area (Å²) in [5, 5.41) is 14.6. The molecule has 8 heteroatoms. The van der Waals surface area contributed by atoms with Gasteiger partial charge >= 0.3 is 0 Å². The summed E-state index contributed by atoms with van der Waals surface area (Å²) in [5.74, 6) is 0.0944. The third kappa shape index (κ3) is 4.63. The lowest BCUT2D eigenvalue weighted by Crippen LogP contribution is -2.17. The van der Waals surface area contributed by atoms with Crippen LogP contribution in [0.25, 0.3) is 0 Å². The molecule has 0 aliphatic rings. The maximum atomic E-state index is 12.0. The Morgan fingerprint density at radius 3 is 2.88 bits per heavy atom. The van der Waals surface area contributed by atoms with E-state index in [2.05, 4.69) is 26.5 Å². The Morgan fingerprint density at radius 1 is 1.38 bits per heavy atom. The summed E-state index contributed by atoms with van der Waals surface area (Å²) in [6, 6.07) is 10.8. The largest absolute Gasteiger partial charge is 0.493 e. The van der Waals surface area contributed by atoms with Gasteiger partial charge in [0.25, 0.3) is 11.6 Å². The molecule has 24 heavy (non-hydrogen) atoms. The molecule has 0 bridgehead atoms. The molecular weight excluding hydrogens is 378 g/mol. The van der Waals surface area contributed by atoms with Gasteiger partial charge in [0.2, 0.25) is 0 Å². The number of ether oxygens (including phenoxy) is 1. The van der Waals surface area contributed by atoms with Gasteiger partial charge in [-0.2, -0.15) is 5.10 Å². The van der Waals surface area contributed by atoms with Gasteiger partial charge in [-0.15, -0.1) is 0 Å². The minimum atomic E-state index is -0.560. The zero-order valence-corrected chi connectivity index (χ0v) is 14.3. The zero-order chi connectivity index (χ0) is 17.5. The van der Waals surface area contributed by atoms with E-state index in [9.17, 15) is 14.9 Å². The Kier molecular flexibility index (Phi) is 6.02. The molecule has 2 aromatic carbocycles. The minimum Gasteiger partial charge on any atom is -0.493 e. The molecule has 0 fully saturated rings. The summed E-state index contributed by atoms with van der Waals surface area (Å²) in [6.45, 7) is 2.37. The molecule has 124 valence electrons. The first-order valence-electron chi connectivity index (χ1n) is 7.01. The van der Waals surface area contributed by atoms with Gasteiger partial charge in [-0.05, 0) is 31.2 Å². The monoisotopic (exact) mass is 391 g/mol. The van der Waals surface area contributed by atoms with Crippen molar-refractivity contribution in [1.82, 2.24) is 5.43 Å². The molecule has 0 atom stereocenters. The van der Waals surface area contributed by atoms with Crippen LogP contribution >= 0.6 is 15.9 Å². The quantitative estimate of drug-likeness (QED) is 0.462. The number of hydrogen-bond donors (Lipinski definition) is 1. The normalized spacial score (nSPS) is 10.6. The molecule has 0 saturated heterocycles. The second-order valence-corrected chi connectivity index (χ2v) is 5.54. The minimum absolute atomic E-state index is 0.153. The van der Waals surface area contributed by atoms with E-state index < -0.39 is 10.8 Å². The van der Waals surface area contributed by atoms with E-state index in [-0.39, 0.29) is 11.3 Å². The van der Waals surface area contributed by atoms with Crippen LogP contribution in [-0.4, -0.2) is 23.7 Å². The van der Waals surface area contributed by atoms with Crippen molar-refractivity contribution < 1.29 is 14.5 Å². The predicted molar refractivity (Wildman–Crippen MR) is 93.5 cm³/mol. The molecule has 1 amide bonds. The summed E-state index contributed by atoms with van der Waals surface area (Å²) >= 11 is 3.36. The van der Waals surface area contributed by atoms with Crippen molar-refractivity contribution in [3.8, 4) is 5.75 Å². The SMILES string of the molecule is CCOc1ccc(Br)cc1/C=N/NC(=O)c1cccc([N+](=O)[O-])c1. The molecular formula is C16H14BrN3O4. The van der Waals surface area contributed by atoms with Crippen LogP contribution in [0, 0.1) is 10.1 Å². The molecule has 0 aliphatic carbocycles. The van der Waals surface area contributed by atoms with Gasteiger partial charge in [0, 0.05) is 27.7 Å². The van der Waals surface area contributed by atoms with Gasteiger partial charge in [0.1, 0.15) is 5.75 Å². The average Bonchev–Trinajstić information content (AvgIpc) is 2.57. The molecule has 0 heterocycles. The Labute approximate surface area is 146 Å². The van der Waals surface area contributed by atoms with Crippen LogP contribution in [0.15, 0.2) is 52.0 Å². The highest BCUT2D eigenvalue weighted by Crippen LogP contribution is 2.21. The average molecular weight is 392 g/mol. The lowest BCUT2D eigenvalue weighted by Gasteiger charge is -2.07. The van der Waals surface area contributed by atoms with E-state index in [4.69, 9.17) is 4.74 Å². The van der Waals surface area contributed by atoms with Crippen LogP contribution in [-0.2, 0) is 0 Å². The molecule has 0 saturated carbocycles. The van der Waals surface area contributed by atoms with Gasteiger partial charge in [0.15, 0.2) is 0 Å². The summed E-state index contributed by atoms with van der Waals surface area (Å²) < 4.78 is 6.32. The fourth-order valence-corrected chi connectivity index (χ4v) is 2.27. The van der Waals surface area contributed by atoms with E-state index in [1.807, 2.05) is 13.0 Å². The highest BCUT2D eigenvalue weighted by Gasteiger charge is 2.10. The molecule has 0 aliphatic heterocycles. The van der Waals surface area contributed by atoms with Gasteiger partial charge in [0.05, 0.1) is 17.7 Å². The Balaban J connectivity index is 2.11. The third-order valence-corrected chi connectivity index (χ3v) is 3.45. The second-order valence-electron chi connectivity index (χ2n) is 4.62. The number of hydrogen-bond acceptors (Lipinski definition) is 5. The molecule has 2 aromatic rings. The van der Waals surface area contributed by atoms with Crippen LogP contribution in [0.5, 0.6) is 5.75 Å². The van der Waals surface area contributed by atoms with E-state index in [1.54, 1.807) is 12.1 Å². The summed E-state index contributed by atoms with van der Waals surface area (Å²) in [4.78, 5) is 22.2. The number of nitro benzene ring substituents is 1. The number of amides is 1. The van der Waals surface area contributed by atoms with Crippen molar-refractivity contribution in [2.45, 2.75) is 6.92 Å². The van der Waals surface area contributed by atoms with Gasteiger partial charge in [-0.25, -0.2) is 5.43 Å². The fraction of sp³-hybridized carbons (Fsp3) is 0.125. The third-order valence-electron chi connectivity index (χ3n) is 2.96. The lowest BCUT2D eigenvalue weighted by molar-refractivity contribution is -0.384. The van der Waals surface area contributed by atoms with Gasteiger partial charge in [-0.3, -0.25) is 14.9 Å².